The Balaban J connectivity index is 3.02. The van der Waals surface area contributed by atoms with Crippen molar-refractivity contribution in [3.05, 3.63) is 22.8 Å². The van der Waals surface area contributed by atoms with E-state index in [2.05, 4.69) is 8.75 Å². The molecule has 1 aromatic carbocycles. The molecule has 0 amide bonds. The van der Waals surface area contributed by atoms with Gasteiger partial charge in [-0.3, -0.25) is 0 Å². The second kappa shape index (κ2) is 2.70. The summed E-state index contributed by atoms with van der Waals surface area (Å²) < 4.78 is 34.1. The van der Waals surface area contributed by atoms with Crippen LogP contribution in [0.25, 0.3) is 11.0 Å². The summed E-state index contributed by atoms with van der Waals surface area (Å²) in [5.41, 5.74) is 1.38. The van der Waals surface area contributed by atoms with Crippen LogP contribution in [0.4, 0.5) is 8.78 Å². The van der Waals surface area contributed by atoms with Crippen LogP contribution in [0.2, 0.25) is 0 Å². The third-order valence-corrected chi connectivity index (χ3v) is 2.58. The highest BCUT2D eigenvalue weighted by Crippen LogP contribution is 2.25. The van der Waals surface area contributed by atoms with Crippen molar-refractivity contribution < 1.29 is 8.78 Å². The standard InChI is InChI=1S/C8H6F2N2S/c1-3-5(9)6(10)4(2)8-7(3)11-13-12-8/h1-2H3. The minimum Gasteiger partial charge on any atom is -0.203 e. The number of halogens is 2. The normalized spacial score (nSPS) is 11.1. The number of aryl methyl sites for hydroxylation is 2. The predicted octanol–water partition coefficient (Wildman–Crippen LogP) is 2.59. The van der Waals surface area contributed by atoms with Crippen LogP contribution < -0.4 is 0 Å². The maximum atomic E-state index is 13.2. The third kappa shape index (κ3) is 1.03. The minimum absolute atomic E-state index is 0.229. The average molecular weight is 200 g/mol. The van der Waals surface area contributed by atoms with Gasteiger partial charge in [-0.2, -0.15) is 8.75 Å². The van der Waals surface area contributed by atoms with E-state index in [1.807, 2.05) is 0 Å². The molecule has 2 rings (SSSR count). The van der Waals surface area contributed by atoms with E-state index in [-0.39, 0.29) is 11.1 Å². The summed E-state index contributed by atoms with van der Waals surface area (Å²) in [7, 11) is 0. The molecule has 0 aliphatic rings. The zero-order valence-electron chi connectivity index (χ0n) is 7.06. The first-order chi connectivity index (χ1) is 6.13. The van der Waals surface area contributed by atoms with Crippen molar-refractivity contribution in [1.29, 1.82) is 0 Å². The molecule has 13 heavy (non-hydrogen) atoms. The maximum Gasteiger partial charge on any atom is 0.164 e. The Morgan fingerprint density at radius 3 is 1.69 bits per heavy atom. The number of nitrogens with zero attached hydrogens (tertiary/aromatic N) is 2. The van der Waals surface area contributed by atoms with Gasteiger partial charge >= 0.3 is 0 Å². The molecule has 0 unspecified atom stereocenters. The van der Waals surface area contributed by atoms with Gasteiger partial charge in [-0.25, -0.2) is 8.78 Å². The molecule has 1 aromatic heterocycles. The number of hydrogen-bond acceptors (Lipinski definition) is 3. The molecule has 0 radical (unpaired) electrons. The Bertz CT molecular complexity index is 436. The SMILES string of the molecule is Cc1c(F)c(F)c(C)c2nsnc12. The van der Waals surface area contributed by atoms with Crippen LogP contribution in [0.15, 0.2) is 0 Å². The average Bonchev–Trinajstić information content (AvgIpc) is 2.59. The lowest BCUT2D eigenvalue weighted by atomic mass is 10.1. The van der Waals surface area contributed by atoms with Crippen LogP contribution >= 0.6 is 11.7 Å². The minimum atomic E-state index is -0.822. The predicted molar refractivity (Wildman–Crippen MR) is 46.8 cm³/mol. The summed E-state index contributed by atoms with van der Waals surface area (Å²) in [6.45, 7) is 3.00. The van der Waals surface area contributed by atoms with E-state index in [1.165, 1.54) is 13.8 Å². The first-order valence-corrected chi connectivity index (χ1v) is 4.42. The molecule has 0 saturated heterocycles. The first kappa shape index (κ1) is 8.50. The molecule has 2 aromatic rings. The Morgan fingerprint density at radius 2 is 1.31 bits per heavy atom. The fourth-order valence-electron chi connectivity index (χ4n) is 1.22. The van der Waals surface area contributed by atoms with Gasteiger partial charge in [0.2, 0.25) is 0 Å². The van der Waals surface area contributed by atoms with Gasteiger partial charge in [0.25, 0.3) is 0 Å². The topological polar surface area (TPSA) is 25.8 Å². The second-order valence-corrected chi connectivity index (χ2v) is 3.37. The quantitative estimate of drug-likeness (QED) is 0.653. The number of rotatable bonds is 0. The molecule has 0 aliphatic heterocycles. The highest BCUT2D eigenvalue weighted by Gasteiger charge is 2.16. The molecule has 1 heterocycles. The van der Waals surface area contributed by atoms with E-state index in [0.29, 0.717) is 11.0 Å². The second-order valence-electron chi connectivity index (χ2n) is 2.84. The van der Waals surface area contributed by atoms with Gasteiger partial charge in [0.15, 0.2) is 11.6 Å². The van der Waals surface area contributed by atoms with E-state index in [0.717, 1.165) is 11.7 Å². The Hall–Kier alpha value is -1.10. The Labute approximate surface area is 77.5 Å². The van der Waals surface area contributed by atoms with Crippen molar-refractivity contribution in [3.8, 4) is 0 Å². The van der Waals surface area contributed by atoms with Crippen LogP contribution in [-0.2, 0) is 0 Å². The monoisotopic (exact) mass is 200 g/mol. The number of aromatic nitrogens is 2. The lowest BCUT2D eigenvalue weighted by Gasteiger charge is -2.01. The van der Waals surface area contributed by atoms with Crippen LogP contribution in [0.1, 0.15) is 11.1 Å². The summed E-state index contributed by atoms with van der Waals surface area (Å²) in [4.78, 5) is 0. The van der Waals surface area contributed by atoms with E-state index < -0.39 is 11.6 Å². The zero-order valence-corrected chi connectivity index (χ0v) is 7.88. The van der Waals surface area contributed by atoms with Gasteiger partial charge in [-0.1, -0.05) is 0 Å². The smallest absolute Gasteiger partial charge is 0.164 e. The van der Waals surface area contributed by atoms with Crippen molar-refractivity contribution in [3.63, 3.8) is 0 Å². The van der Waals surface area contributed by atoms with Crippen molar-refractivity contribution in [2.24, 2.45) is 0 Å². The maximum absolute atomic E-state index is 13.2. The fraction of sp³-hybridized carbons (Fsp3) is 0.250. The van der Waals surface area contributed by atoms with E-state index in [1.54, 1.807) is 0 Å². The fourth-order valence-corrected chi connectivity index (χ4v) is 1.87. The molecule has 0 spiro atoms. The molecule has 0 saturated carbocycles. The number of hydrogen-bond donors (Lipinski definition) is 0. The van der Waals surface area contributed by atoms with E-state index >= 15 is 0 Å². The lowest BCUT2D eigenvalue weighted by molar-refractivity contribution is 0.500. The van der Waals surface area contributed by atoms with Gasteiger partial charge in [-0.05, 0) is 13.8 Å². The molecular weight excluding hydrogens is 194 g/mol. The summed E-state index contributed by atoms with van der Waals surface area (Å²) >= 11 is 0.965. The third-order valence-electron chi connectivity index (χ3n) is 2.05. The van der Waals surface area contributed by atoms with Gasteiger partial charge in [-0.15, -0.1) is 0 Å². The van der Waals surface area contributed by atoms with Gasteiger partial charge in [0.05, 0.1) is 11.7 Å². The lowest BCUT2D eigenvalue weighted by Crippen LogP contribution is -1.95. The number of benzene rings is 1. The Morgan fingerprint density at radius 1 is 0.923 bits per heavy atom. The highest BCUT2D eigenvalue weighted by molar-refractivity contribution is 7.00. The molecule has 0 atom stereocenters. The van der Waals surface area contributed by atoms with E-state index in [9.17, 15) is 8.78 Å². The van der Waals surface area contributed by atoms with Crippen molar-refractivity contribution >= 4 is 22.8 Å². The van der Waals surface area contributed by atoms with Crippen LogP contribution in [0.3, 0.4) is 0 Å². The van der Waals surface area contributed by atoms with Crippen LogP contribution in [0.5, 0.6) is 0 Å². The van der Waals surface area contributed by atoms with Gasteiger partial charge < -0.3 is 0 Å². The van der Waals surface area contributed by atoms with Crippen LogP contribution in [-0.4, -0.2) is 8.75 Å². The number of fused-ring (bicyclic) bond motifs is 1. The van der Waals surface area contributed by atoms with E-state index in [4.69, 9.17) is 0 Å². The first-order valence-electron chi connectivity index (χ1n) is 3.69. The van der Waals surface area contributed by atoms with Gasteiger partial charge in [0.1, 0.15) is 11.0 Å². The summed E-state index contributed by atoms with van der Waals surface area (Å²) in [6, 6.07) is 0. The molecule has 0 bridgehead atoms. The zero-order chi connectivity index (χ0) is 9.59. The highest BCUT2D eigenvalue weighted by atomic mass is 32.1. The van der Waals surface area contributed by atoms with Crippen LogP contribution in [0, 0.1) is 25.5 Å². The summed E-state index contributed by atoms with van der Waals surface area (Å²) in [6.07, 6.45) is 0. The molecule has 0 aliphatic carbocycles. The molecule has 5 heteroatoms. The molecular formula is C8H6F2N2S. The summed E-state index contributed by atoms with van der Waals surface area (Å²) in [5.74, 6) is -1.64. The molecule has 68 valence electrons. The Kier molecular flexibility index (Phi) is 1.76. The van der Waals surface area contributed by atoms with Crippen molar-refractivity contribution in [2.45, 2.75) is 13.8 Å². The molecule has 2 nitrogen and oxygen atoms in total. The molecule has 0 fully saturated rings. The summed E-state index contributed by atoms with van der Waals surface area (Å²) in [5, 5.41) is 0. The van der Waals surface area contributed by atoms with Crippen molar-refractivity contribution in [1.82, 2.24) is 8.75 Å². The van der Waals surface area contributed by atoms with Crippen molar-refractivity contribution in [2.75, 3.05) is 0 Å². The van der Waals surface area contributed by atoms with Gasteiger partial charge in [0, 0.05) is 11.1 Å². The largest absolute Gasteiger partial charge is 0.203 e. The molecule has 0 N–H and O–H groups in total.